The summed E-state index contributed by atoms with van der Waals surface area (Å²) >= 11 is 0. The van der Waals surface area contributed by atoms with Gasteiger partial charge < -0.3 is 10.2 Å². The first-order valence-electron chi connectivity index (χ1n) is 9.37. The summed E-state index contributed by atoms with van der Waals surface area (Å²) in [5.41, 5.74) is 1.19. The molecule has 2 aliphatic heterocycles. The highest BCUT2D eigenvalue weighted by Gasteiger charge is 2.20. The predicted octanol–water partition coefficient (Wildman–Crippen LogP) is 2.37. The van der Waals surface area contributed by atoms with Crippen molar-refractivity contribution in [3.63, 3.8) is 0 Å². The molecule has 1 aromatic heterocycles. The number of aromatic nitrogens is 1. The highest BCUT2D eigenvalue weighted by Crippen LogP contribution is 2.15. The van der Waals surface area contributed by atoms with Crippen molar-refractivity contribution in [2.45, 2.75) is 45.2 Å². The number of pyridine rings is 1. The predicted molar refractivity (Wildman–Crippen MR) is 95.4 cm³/mol. The van der Waals surface area contributed by atoms with E-state index in [0.29, 0.717) is 6.04 Å². The lowest BCUT2D eigenvalue weighted by Crippen LogP contribution is -2.45. The van der Waals surface area contributed by atoms with E-state index in [0.717, 1.165) is 19.0 Å². The third kappa shape index (κ3) is 5.55. The standard InChI is InChI=1S/C19H32N4/c1-17-5-4-11-22(15-17)14-10-21-18-7-12-23(13-8-18)16-19-6-2-3-9-20-19/h2-3,6,9,17-18,21H,4-5,7-8,10-16H2,1H3/t17-/m0/s1. The van der Waals surface area contributed by atoms with Crippen molar-refractivity contribution in [1.29, 1.82) is 0 Å². The van der Waals surface area contributed by atoms with Gasteiger partial charge in [-0.2, -0.15) is 0 Å². The van der Waals surface area contributed by atoms with Crippen LogP contribution in [0.5, 0.6) is 0 Å². The zero-order chi connectivity index (χ0) is 15.9. The fraction of sp³-hybridized carbons (Fsp3) is 0.737. The Bertz CT molecular complexity index is 442. The molecule has 2 aliphatic rings. The van der Waals surface area contributed by atoms with E-state index in [-0.39, 0.29) is 0 Å². The van der Waals surface area contributed by atoms with Crippen LogP contribution in [-0.2, 0) is 6.54 Å². The molecule has 23 heavy (non-hydrogen) atoms. The third-order valence-electron chi connectivity index (χ3n) is 5.30. The van der Waals surface area contributed by atoms with Crippen molar-refractivity contribution in [3.05, 3.63) is 30.1 Å². The summed E-state index contributed by atoms with van der Waals surface area (Å²) in [5, 5.41) is 3.78. The average molecular weight is 316 g/mol. The van der Waals surface area contributed by atoms with Gasteiger partial charge in [0.2, 0.25) is 0 Å². The number of nitrogens with one attached hydrogen (secondary N) is 1. The molecule has 3 rings (SSSR count). The van der Waals surface area contributed by atoms with Gasteiger partial charge in [-0.25, -0.2) is 0 Å². The summed E-state index contributed by atoms with van der Waals surface area (Å²) in [6, 6.07) is 6.90. The molecule has 0 unspecified atom stereocenters. The van der Waals surface area contributed by atoms with Gasteiger partial charge in [0.15, 0.2) is 0 Å². The van der Waals surface area contributed by atoms with Crippen molar-refractivity contribution in [2.24, 2.45) is 5.92 Å². The van der Waals surface area contributed by atoms with Crippen LogP contribution in [0.25, 0.3) is 0 Å². The molecule has 1 N–H and O–H groups in total. The van der Waals surface area contributed by atoms with Crippen molar-refractivity contribution in [3.8, 4) is 0 Å². The Balaban J connectivity index is 1.30. The van der Waals surface area contributed by atoms with E-state index in [2.05, 4.69) is 39.2 Å². The van der Waals surface area contributed by atoms with Crippen LogP contribution in [0.1, 0.15) is 38.3 Å². The molecule has 4 nitrogen and oxygen atoms in total. The Morgan fingerprint density at radius 3 is 2.74 bits per heavy atom. The normalized spacial score (nSPS) is 24.8. The minimum atomic E-state index is 0.706. The van der Waals surface area contributed by atoms with Gasteiger partial charge in [-0.1, -0.05) is 13.0 Å². The summed E-state index contributed by atoms with van der Waals surface area (Å²) in [6.45, 7) is 10.7. The zero-order valence-electron chi connectivity index (χ0n) is 14.6. The summed E-state index contributed by atoms with van der Waals surface area (Å²) in [6.07, 6.45) is 7.23. The minimum absolute atomic E-state index is 0.706. The number of rotatable bonds is 6. The van der Waals surface area contributed by atoms with Gasteiger partial charge in [-0.05, 0) is 50.3 Å². The maximum Gasteiger partial charge on any atom is 0.0543 e. The lowest BCUT2D eigenvalue weighted by molar-refractivity contribution is 0.167. The fourth-order valence-corrected chi connectivity index (χ4v) is 3.93. The van der Waals surface area contributed by atoms with Crippen molar-refractivity contribution in [2.75, 3.05) is 39.3 Å². The molecule has 0 amide bonds. The van der Waals surface area contributed by atoms with E-state index in [9.17, 15) is 0 Å². The molecule has 0 aliphatic carbocycles. The lowest BCUT2D eigenvalue weighted by atomic mass is 10.0. The zero-order valence-corrected chi connectivity index (χ0v) is 14.6. The van der Waals surface area contributed by atoms with Crippen LogP contribution in [0.15, 0.2) is 24.4 Å². The van der Waals surface area contributed by atoms with E-state index in [4.69, 9.17) is 0 Å². The Hall–Kier alpha value is -0.970. The van der Waals surface area contributed by atoms with E-state index >= 15 is 0 Å². The van der Waals surface area contributed by atoms with Crippen LogP contribution in [0.2, 0.25) is 0 Å². The third-order valence-corrected chi connectivity index (χ3v) is 5.30. The molecule has 2 fully saturated rings. The second-order valence-electron chi connectivity index (χ2n) is 7.37. The molecule has 4 heteroatoms. The quantitative estimate of drug-likeness (QED) is 0.873. The number of likely N-dealkylation sites (tertiary alicyclic amines) is 2. The summed E-state index contributed by atoms with van der Waals surface area (Å²) in [4.78, 5) is 9.61. The molecular formula is C19H32N4. The molecule has 0 saturated carbocycles. The van der Waals surface area contributed by atoms with Crippen LogP contribution in [-0.4, -0.2) is 60.1 Å². The molecule has 0 bridgehead atoms. The first kappa shape index (κ1) is 16.9. The van der Waals surface area contributed by atoms with Gasteiger partial charge in [0.05, 0.1) is 5.69 Å². The highest BCUT2D eigenvalue weighted by molar-refractivity contribution is 5.03. The minimum Gasteiger partial charge on any atom is -0.313 e. The fourth-order valence-electron chi connectivity index (χ4n) is 3.93. The first-order chi connectivity index (χ1) is 11.3. The van der Waals surface area contributed by atoms with Crippen molar-refractivity contribution >= 4 is 0 Å². The number of nitrogens with zero attached hydrogens (tertiary/aromatic N) is 3. The van der Waals surface area contributed by atoms with Gasteiger partial charge in [0.1, 0.15) is 0 Å². The van der Waals surface area contributed by atoms with E-state index in [1.54, 1.807) is 0 Å². The Morgan fingerprint density at radius 1 is 1.13 bits per heavy atom. The summed E-state index contributed by atoms with van der Waals surface area (Å²) < 4.78 is 0. The second-order valence-corrected chi connectivity index (χ2v) is 7.37. The summed E-state index contributed by atoms with van der Waals surface area (Å²) in [5.74, 6) is 0.888. The smallest absolute Gasteiger partial charge is 0.0543 e. The summed E-state index contributed by atoms with van der Waals surface area (Å²) in [7, 11) is 0. The lowest BCUT2D eigenvalue weighted by Gasteiger charge is -2.34. The Kier molecular flexibility index (Phi) is 6.43. The monoisotopic (exact) mass is 316 g/mol. The van der Waals surface area contributed by atoms with E-state index in [1.807, 2.05) is 12.3 Å². The van der Waals surface area contributed by atoms with Gasteiger partial charge in [0.25, 0.3) is 0 Å². The van der Waals surface area contributed by atoms with Gasteiger partial charge in [0, 0.05) is 51.5 Å². The molecule has 0 aromatic carbocycles. The van der Waals surface area contributed by atoms with Crippen molar-refractivity contribution < 1.29 is 0 Å². The van der Waals surface area contributed by atoms with Crippen LogP contribution in [0.3, 0.4) is 0 Å². The SMILES string of the molecule is C[C@H]1CCCN(CCNC2CCN(Cc3ccccn3)CC2)C1. The number of hydrogen-bond donors (Lipinski definition) is 1. The Morgan fingerprint density at radius 2 is 2.00 bits per heavy atom. The number of piperidine rings is 2. The molecule has 1 aromatic rings. The molecule has 1 atom stereocenters. The van der Waals surface area contributed by atoms with E-state index < -0.39 is 0 Å². The maximum absolute atomic E-state index is 4.44. The number of hydrogen-bond acceptors (Lipinski definition) is 4. The van der Waals surface area contributed by atoms with Gasteiger partial charge in [-0.3, -0.25) is 9.88 Å². The van der Waals surface area contributed by atoms with Crippen LogP contribution in [0, 0.1) is 5.92 Å². The molecule has 128 valence electrons. The molecule has 0 radical (unpaired) electrons. The largest absolute Gasteiger partial charge is 0.313 e. The molecule has 0 spiro atoms. The van der Waals surface area contributed by atoms with Crippen LogP contribution in [0.4, 0.5) is 0 Å². The first-order valence-corrected chi connectivity index (χ1v) is 9.37. The maximum atomic E-state index is 4.44. The molecule has 3 heterocycles. The molecule has 2 saturated heterocycles. The Labute approximate surface area is 141 Å². The van der Waals surface area contributed by atoms with Crippen LogP contribution < -0.4 is 5.32 Å². The van der Waals surface area contributed by atoms with Gasteiger partial charge in [-0.15, -0.1) is 0 Å². The topological polar surface area (TPSA) is 31.4 Å². The molecular weight excluding hydrogens is 284 g/mol. The van der Waals surface area contributed by atoms with Crippen LogP contribution >= 0.6 is 0 Å². The average Bonchev–Trinajstić information content (AvgIpc) is 2.58. The van der Waals surface area contributed by atoms with E-state index in [1.165, 1.54) is 64.1 Å². The highest BCUT2D eigenvalue weighted by atomic mass is 15.2. The van der Waals surface area contributed by atoms with Crippen molar-refractivity contribution in [1.82, 2.24) is 20.1 Å². The van der Waals surface area contributed by atoms with Gasteiger partial charge >= 0.3 is 0 Å². The second kappa shape index (κ2) is 8.76.